The van der Waals surface area contributed by atoms with Crippen LogP contribution in [0.1, 0.15) is 31.2 Å². The van der Waals surface area contributed by atoms with Gasteiger partial charge in [0.15, 0.2) is 0 Å². The number of rotatable bonds is 5. The molecule has 112 valence electrons. The van der Waals surface area contributed by atoms with E-state index in [0.29, 0.717) is 12.5 Å². The van der Waals surface area contributed by atoms with Gasteiger partial charge < -0.3 is 15.6 Å². The standard InChI is InChI=1S/C17H23N3O/c21-17(20-14-8-10-18-11-9-14)7-3-4-13-12-19-16-6-2-1-5-15(13)16/h1-2,5-6,12,14,18-19H,3-4,7-11H2,(H,20,21). The molecule has 3 N–H and O–H groups in total. The number of aryl methyl sites for hydroxylation is 1. The summed E-state index contributed by atoms with van der Waals surface area (Å²) in [6.07, 6.45) is 6.63. The van der Waals surface area contributed by atoms with Crippen LogP contribution in [0.25, 0.3) is 10.9 Å². The highest BCUT2D eigenvalue weighted by Gasteiger charge is 2.15. The Kier molecular flexibility index (Phi) is 4.55. The van der Waals surface area contributed by atoms with Gasteiger partial charge in [0.05, 0.1) is 0 Å². The molecule has 1 amide bonds. The van der Waals surface area contributed by atoms with Gasteiger partial charge in [-0.3, -0.25) is 4.79 Å². The van der Waals surface area contributed by atoms with Crippen LogP contribution in [0.2, 0.25) is 0 Å². The van der Waals surface area contributed by atoms with Crippen molar-refractivity contribution in [2.24, 2.45) is 0 Å². The second-order valence-electron chi connectivity index (χ2n) is 5.80. The second kappa shape index (κ2) is 6.76. The maximum atomic E-state index is 12.0. The molecule has 1 aliphatic rings. The third-order valence-electron chi connectivity index (χ3n) is 4.23. The summed E-state index contributed by atoms with van der Waals surface area (Å²) in [4.78, 5) is 15.2. The van der Waals surface area contributed by atoms with Crippen LogP contribution in [0, 0.1) is 0 Å². The van der Waals surface area contributed by atoms with Crippen LogP contribution < -0.4 is 10.6 Å². The number of carbonyl (C=O) groups excluding carboxylic acids is 1. The van der Waals surface area contributed by atoms with E-state index in [0.717, 1.165) is 38.8 Å². The molecule has 1 aromatic carbocycles. The fraction of sp³-hybridized carbons (Fsp3) is 0.471. The highest BCUT2D eigenvalue weighted by Crippen LogP contribution is 2.19. The topological polar surface area (TPSA) is 56.9 Å². The number of aromatic nitrogens is 1. The van der Waals surface area contributed by atoms with Crippen LogP contribution in [0.15, 0.2) is 30.5 Å². The lowest BCUT2D eigenvalue weighted by Gasteiger charge is -2.23. The first-order chi connectivity index (χ1) is 10.3. The molecule has 2 heterocycles. The number of nitrogens with one attached hydrogen (secondary N) is 3. The number of carbonyl (C=O) groups is 1. The summed E-state index contributed by atoms with van der Waals surface area (Å²) in [6, 6.07) is 8.68. The normalized spacial score (nSPS) is 16.2. The third kappa shape index (κ3) is 3.64. The molecule has 0 saturated carbocycles. The van der Waals surface area contributed by atoms with Gasteiger partial charge >= 0.3 is 0 Å². The summed E-state index contributed by atoms with van der Waals surface area (Å²) in [5.74, 6) is 0.196. The van der Waals surface area contributed by atoms with Crippen molar-refractivity contribution in [1.29, 1.82) is 0 Å². The molecular formula is C17H23N3O. The van der Waals surface area contributed by atoms with Crippen LogP contribution in [0.5, 0.6) is 0 Å². The minimum atomic E-state index is 0.196. The SMILES string of the molecule is O=C(CCCc1c[nH]c2ccccc12)NC1CCNCC1. The predicted octanol–water partition coefficient (Wildman–Crippen LogP) is 2.36. The summed E-state index contributed by atoms with van der Waals surface area (Å²) in [6.45, 7) is 2.03. The number of aromatic amines is 1. The van der Waals surface area contributed by atoms with Crippen molar-refractivity contribution in [2.45, 2.75) is 38.1 Å². The van der Waals surface area contributed by atoms with Gasteiger partial charge in [-0.15, -0.1) is 0 Å². The zero-order chi connectivity index (χ0) is 14.5. The van der Waals surface area contributed by atoms with Crippen molar-refractivity contribution in [1.82, 2.24) is 15.6 Å². The quantitative estimate of drug-likeness (QED) is 0.790. The molecule has 1 saturated heterocycles. The van der Waals surface area contributed by atoms with Gasteiger partial charge in [0, 0.05) is 29.6 Å². The number of hydrogen-bond donors (Lipinski definition) is 3. The van der Waals surface area contributed by atoms with Gasteiger partial charge in [-0.25, -0.2) is 0 Å². The lowest BCUT2D eigenvalue weighted by molar-refractivity contribution is -0.122. The third-order valence-corrected chi connectivity index (χ3v) is 4.23. The number of amides is 1. The van der Waals surface area contributed by atoms with E-state index < -0.39 is 0 Å². The smallest absolute Gasteiger partial charge is 0.220 e. The number of H-pyrrole nitrogens is 1. The van der Waals surface area contributed by atoms with Crippen LogP contribution in [0.4, 0.5) is 0 Å². The summed E-state index contributed by atoms with van der Waals surface area (Å²) in [5, 5.41) is 7.74. The molecule has 3 rings (SSSR count). The summed E-state index contributed by atoms with van der Waals surface area (Å²) in [5.41, 5.74) is 2.48. The number of benzene rings is 1. The van der Waals surface area contributed by atoms with E-state index >= 15 is 0 Å². The van der Waals surface area contributed by atoms with Gasteiger partial charge in [-0.2, -0.15) is 0 Å². The highest BCUT2D eigenvalue weighted by atomic mass is 16.1. The van der Waals surface area contributed by atoms with Gasteiger partial charge in [0.25, 0.3) is 0 Å². The Balaban J connectivity index is 1.46. The fourth-order valence-electron chi connectivity index (χ4n) is 3.04. The Morgan fingerprint density at radius 1 is 1.24 bits per heavy atom. The fourth-order valence-corrected chi connectivity index (χ4v) is 3.04. The second-order valence-corrected chi connectivity index (χ2v) is 5.80. The summed E-state index contributed by atoms with van der Waals surface area (Å²) < 4.78 is 0. The van der Waals surface area contributed by atoms with E-state index in [2.05, 4.69) is 40.0 Å². The van der Waals surface area contributed by atoms with E-state index in [1.54, 1.807) is 0 Å². The van der Waals surface area contributed by atoms with E-state index in [1.807, 2.05) is 6.07 Å². The maximum absolute atomic E-state index is 12.0. The summed E-state index contributed by atoms with van der Waals surface area (Å²) in [7, 11) is 0. The largest absolute Gasteiger partial charge is 0.361 e. The molecule has 4 nitrogen and oxygen atoms in total. The number of piperidine rings is 1. The number of hydrogen-bond acceptors (Lipinski definition) is 2. The Morgan fingerprint density at radius 3 is 2.90 bits per heavy atom. The average molecular weight is 285 g/mol. The molecule has 0 unspecified atom stereocenters. The average Bonchev–Trinajstić information content (AvgIpc) is 2.92. The Hall–Kier alpha value is -1.81. The number of fused-ring (bicyclic) bond motifs is 1. The molecule has 0 atom stereocenters. The highest BCUT2D eigenvalue weighted by molar-refractivity contribution is 5.83. The lowest BCUT2D eigenvalue weighted by Crippen LogP contribution is -2.42. The van der Waals surface area contributed by atoms with Gasteiger partial charge in [0.1, 0.15) is 0 Å². The molecule has 4 heteroatoms. The lowest BCUT2D eigenvalue weighted by atomic mass is 10.0. The van der Waals surface area contributed by atoms with Gasteiger partial charge in [-0.05, 0) is 50.4 Å². The molecule has 0 spiro atoms. The van der Waals surface area contributed by atoms with Gasteiger partial charge in [-0.1, -0.05) is 18.2 Å². The first kappa shape index (κ1) is 14.1. The van der Waals surface area contributed by atoms with E-state index in [4.69, 9.17) is 0 Å². The summed E-state index contributed by atoms with van der Waals surface area (Å²) >= 11 is 0. The minimum Gasteiger partial charge on any atom is -0.361 e. The number of para-hydroxylation sites is 1. The Morgan fingerprint density at radius 2 is 2.05 bits per heavy atom. The van der Waals surface area contributed by atoms with Crippen molar-refractivity contribution < 1.29 is 4.79 Å². The molecule has 1 aliphatic heterocycles. The van der Waals surface area contributed by atoms with Crippen molar-refractivity contribution in [3.63, 3.8) is 0 Å². The van der Waals surface area contributed by atoms with Crippen molar-refractivity contribution >= 4 is 16.8 Å². The molecule has 0 aliphatic carbocycles. The molecule has 21 heavy (non-hydrogen) atoms. The first-order valence-corrected chi connectivity index (χ1v) is 7.88. The monoisotopic (exact) mass is 285 g/mol. The van der Waals surface area contributed by atoms with E-state index in [1.165, 1.54) is 16.5 Å². The van der Waals surface area contributed by atoms with Gasteiger partial charge in [0.2, 0.25) is 5.91 Å². The Labute approximate surface area is 125 Å². The Bertz CT molecular complexity index is 599. The molecule has 1 fully saturated rings. The zero-order valence-electron chi connectivity index (χ0n) is 12.3. The maximum Gasteiger partial charge on any atom is 0.220 e. The van der Waals surface area contributed by atoms with Crippen LogP contribution in [0.3, 0.4) is 0 Å². The molecule has 0 radical (unpaired) electrons. The van der Waals surface area contributed by atoms with E-state index in [-0.39, 0.29) is 5.91 Å². The van der Waals surface area contributed by atoms with Crippen molar-refractivity contribution in [3.05, 3.63) is 36.0 Å². The van der Waals surface area contributed by atoms with Crippen LogP contribution in [-0.4, -0.2) is 30.0 Å². The molecule has 1 aromatic heterocycles. The minimum absolute atomic E-state index is 0.196. The first-order valence-electron chi connectivity index (χ1n) is 7.88. The van der Waals surface area contributed by atoms with Crippen LogP contribution >= 0.6 is 0 Å². The van der Waals surface area contributed by atoms with Crippen molar-refractivity contribution in [3.8, 4) is 0 Å². The van der Waals surface area contributed by atoms with Crippen LogP contribution in [-0.2, 0) is 11.2 Å². The molecule has 2 aromatic rings. The van der Waals surface area contributed by atoms with E-state index in [9.17, 15) is 4.79 Å². The van der Waals surface area contributed by atoms with Crippen molar-refractivity contribution in [2.75, 3.05) is 13.1 Å². The molecular weight excluding hydrogens is 262 g/mol. The predicted molar refractivity (Wildman–Crippen MR) is 85.3 cm³/mol. The molecule has 0 bridgehead atoms. The zero-order valence-corrected chi connectivity index (χ0v) is 12.3.